The van der Waals surface area contributed by atoms with Gasteiger partial charge in [0.05, 0.1) is 18.6 Å². The van der Waals surface area contributed by atoms with E-state index in [1.54, 1.807) is 0 Å². The normalized spacial score (nSPS) is 11.1. The smallest absolute Gasteiger partial charge is 0.465 e. The number of hydrogen-bond donors (Lipinski definition) is 1. The fraction of sp³-hybridized carbons (Fsp3) is 0.846. The third-order valence-electron chi connectivity index (χ3n) is 2.76. The zero-order valence-corrected chi connectivity index (χ0v) is 11.9. The van der Waals surface area contributed by atoms with Crippen LogP contribution in [0.15, 0.2) is 0 Å². The third-order valence-corrected chi connectivity index (χ3v) is 2.76. The molecule has 112 valence electrons. The first-order chi connectivity index (χ1) is 8.90. The van der Waals surface area contributed by atoms with Gasteiger partial charge in [0.25, 0.3) is 0 Å². The molecule has 0 saturated carbocycles. The first-order valence-corrected chi connectivity index (χ1v) is 6.51. The van der Waals surface area contributed by atoms with E-state index >= 15 is 0 Å². The molecule has 0 spiro atoms. The van der Waals surface area contributed by atoms with Gasteiger partial charge in [-0.15, -0.1) is 0 Å². The van der Waals surface area contributed by atoms with Crippen molar-refractivity contribution in [3.05, 3.63) is 0 Å². The highest BCUT2D eigenvalue weighted by atomic mass is 16.7. The number of esters is 1. The topological polar surface area (TPSA) is 82.1 Å². The van der Waals surface area contributed by atoms with Gasteiger partial charge in [-0.2, -0.15) is 0 Å². The van der Waals surface area contributed by atoms with E-state index in [-0.39, 0.29) is 12.6 Å². The third kappa shape index (κ3) is 9.30. The molecule has 0 atom stereocenters. The highest BCUT2D eigenvalue weighted by molar-refractivity contribution is 5.75. The molecule has 0 aliphatic carbocycles. The molecule has 0 aromatic heterocycles. The molecular weight excluding hydrogens is 252 g/mol. The lowest BCUT2D eigenvalue weighted by atomic mass is 9.91. The molecule has 0 radical (unpaired) electrons. The number of ether oxygens (including phenoxy) is 3. The summed E-state index contributed by atoms with van der Waals surface area (Å²) in [5, 5.41) is 8.21. The van der Waals surface area contributed by atoms with E-state index in [2.05, 4.69) is 4.74 Å². The SMILES string of the molecule is CCC(C)(C)C(=O)OCCCOCCCOC(=O)O. The molecule has 0 aliphatic heterocycles. The van der Waals surface area contributed by atoms with Gasteiger partial charge in [0.1, 0.15) is 0 Å². The van der Waals surface area contributed by atoms with Crippen LogP contribution < -0.4 is 0 Å². The van der Waals surface area contributed by atoms with Gasteiger partial charge >= 0.3 is 12.1 Å². The van der Waals surface area contributed by atoms with Crippen molar-refractivity contribution < 1.29 is 28.9 Å². The molecule has 0 rings (SSSR count). The van der Waals surface area contributed by atoms with E-state index < -0.39 is 11.6 Å². The minimum atomic E-state index is -1.27. The van der Waals surface area contributed by atoms with Crippen molar-refractivity contribution in [1.82, 2.24) is 0 Å². The van der Waals surface area contributed by atoms with Crippen molar-refractivity contribution >= 4 is 12.1 Å². The van der Waals surface area contributed by atoms with Crippen LogP contribution >= 0.6 is 0 Å². The number of rotatable bonds is 10. The van der Waals surface area contributed by atoms with Crippen molar-refractivity contribution in [3.8, 4) is 0 Å². The van der Waals surface area contributed by atoms with Gasteiger partial charge in [0.2, 0.25) is 0 Å². The Balaban J connectivity index is 3.37. The molecule has 0 aliphatic rings. The largest absolute Gasteiger partial charge is 0.505 e. The second-order valence-electron chi connectivity index (χ2n) is 4.81. The maximum atomic E-state index is 11.6. The summed E-state index contributed by atoms with van der Waals surface area (Å²) < 4.78 is 14.7. The quantitative estimate of drug-likeness (QED) is 0.487. The molecule has 0 unspecified atom stereocenters. The molecule has 1 N–H and O–H groups in total. The van der Waals surface area contributed by atoms with Crippen LogP contribution in [0.5, 0.6) is 0 Å². The fourth-order valence-electron chi connectivity index (χ4n) is 1.09. The van der Waals surface area contributed by atoms with Gasteiger partial charge in [0.15, 0.2) is 0 Å². The van der Waals surface area contributed by atoms with Crippen LogP contribution in [-0.4, -0.2) is 43.7 Å². The highest BCUT2D eigenvalue weighted by Gasteiger charge is 2.26. The summed E-state index contributed by atoms with van der Waals surface area (Å²) in [5.41, 5.74) is -0.435. The van der Waals surface area contributed by atoms with E-state index in [9.17, 15) is 9.59 Å². The molecular formula is C13H24O6. The molecule has 0 aromatic rings. The Labute approximate surface area is 114 Å². The summed E-state index contributed by atoms with van der Waals surface area (Å²) in [6, 6.07) is 0. The first-order valence-electron chi connectivity index (χ1n) is 6.51. The Bertz CT molecular complexity index is 274. The molecule has 0 aromatic carbocycles. The average molecular weight is 276 g/mol. The molecule has 6 heteroatoms. The summed E-state index contributed by atoms with van der Waals surface area (Å²) in [6.07, 6.45) is 0.622. The van der Waals surface area contributed by atoms with Gasteiger partial charge in [0, 0.05) is 26.1 Å². The maximum Gasteiger partial charge on any atom is 0.505 e. The molecule has 0 fully saturated rings. The Morgan fingerprint density at radius 2 is 1.53 bits per heavy atom. The lowest BCUT2D eigenvalue weighted by molar-refractivity contribution is -0.154. The minimum Gasteiger partial charge on any atom is -0.465 e. The molecule has 0 saturated heterocycles. The van der Waals surface area contributed by atoms with Crippen molar-refractivity contribution in [3.63, 3.8) is 0 Å². The van der Waals surface area contributed by atoms with Gasteiger partial charge in [-0.25, -0.2) is 4.79 Å². The van der Waals surface area contributed by atoms with E-state index in [0.29, 0.717) is 32.7 Å². The number of carboxylic acid groups (broad SMARTS) is 1. The van der Waals surface area contributed by atoms with Gasteiger partial charge in [-0.3, -0.25) is 4.79 Å². The lowest BCUT2D eigenvalue weighted by Crippen LogP contribution is -2.26. The molecule has 19 heavy (non-hydrogen) atoms. The summed E-state index contributed by atoms with van der Waals surface area (Å²) in [5.74, 6) is -0.190. The van der Waals surface area contributed by atoms with Crippen molar-refractivity contribution in [2.45, 2.75) is 40.0 Å². The van der Waals surface area contributed by atoms with E-state index in [1.165, 1.54) is 0 Å². The number of hydrogen-bond acceptors (Lipinski definition) is 5. The van der Waals surface area contributed by atoms with Crippen molar-refractivity contribution in [2.24, 2.45) is 5.41 Å². The Kier molecular flexibility index (Phi) is 8.95. The van der Waals surface area contributed by atoms with E-state index in [1.807, 2.05) is 20.8 Å². The van der Waals surface area contributed by atoms with E-state index in [0.717, 1.165) is 6.42 Å². The van der Waals surface area contributed by atoms with Gasteiger partial charge in [-0.1, -0.05) is 6.92 Å². The zero-order chi connectivity index (χ0) is 14.7. The van der Waals surface area contributed by atoms with Crippen LogP contribution in [0.3, 0.4) is 0 Å². The van der Waals surface area contributed by atoms with Crippen LogP contribution in [0, 0.1) is 5.41 Å². The second-order valence-corrected chi connectivity index (χ2v) is 4.81. The predicted molar refractivity (Wildman–Crippen MR) is 69.1 cm³/mol. The van der Waals surface area contributed by atoms with Gasteiger partial charge in [-0.05, 0) is 20.3 Å². The van der Waals surface area contributed by atoms with Crippen LogP contribution in [0.2, 0.25) is 0 Å². The lowest BCUT2D eigenvalue weighted by Gasteiger charge is -2.20. The molecule has 6 nitrogen and oxygen atoms in total. The fourth-order valence-corrected chi connectivity index (χ4v) is 1.09. The molecule has 0 bridgehead atoms. The Morgan fingerprint density at radius 1 is 1.00 bits per heavy atom. The average Bonchev–Trinajstić information content (AvgIpc) is 2.36. The van der Waals surface area contributed by atoms with Crippen molar-refractivity contribution in [2.75, 3.05) is 26.4 Å². The maximum absolute atomic E-state index is 11.6. The summed E-state index contributed by atoms with van der Waals surface area (Å²) >= 11 is 0. The Hall–Kier alpha value is -1.30. The number of carbonyl (C=O) groups excluding carboxylic acids is 1. The monoisotopic (exact) mass is 276 g/mol. The summed E-state index contributed by atoms with van der Waals surface area (Å²) in [6.45, 7) is 7.05. The zero-order valence-electron chi connectivity index (χ0n) is 11.9. The van der Waals surface area contributed by atoms with E-state index in [4.69, 9.17) is 14.6 Å². The van der Waals surface area contributed by atoms with Crippen LogP contribution in [0.1, 0.15) is 40.0 Å². The molecule has 0 amide bonds. The standard InChI is InChI=1S/C13H24O6/c1-4-13(2,3)11(14)18-9-5-7-17-8-6-10-19-12(15)16/h4-10H2,1-3H3,(H,15,16). The Morgan fingerprint density at radius 3 is 2.00 bits per heavy atom. The van der Waals surface area contributed by atoms with Crippen molar-refractivity contribution in [1.29, 1.82) is 0 Å². The molecule has 0 heterocycles. The van der Waals surface area contributed by atoms with Gasteiger partial charge < -0.3 is 19.3 Å². The predicted octanol–water partition coefficient (Wildman–Crippen LogP) is 2.46. The second kappa shape index (κ2) is 9.61. The van der Waals surface area contributed by atoms with Crippen LogP contribution in [0.25, 0.3) is 0 Å². The van der Waals surface area contributed by atoms with Crippen LogP contribution in [-0.2, 0) is 19.0 Å². The number of carbonyl (C=O) groups is 2. The van der Waals surface area contributed by atoms with Crippen LogP contribution in [0.4, 0.5) is 4.79 Å². The summed E-state index contributed by atoms with van der Waals surface area (Å²) in [7, 11) is 0. The summed E-state index contributed by atoms with van der Waals surface area (Å²) in [4.78, 5) is 21.6. The first kappa shape index (κ1) is 17.7. The highest BCUT2D eigenvalue weighted by Crippen LogP contribution is 2.21. The minimum absolute atomic E-state index is 0.134.